The average molecular weight is 361 g/mol. The molecule has 0 atom stereocenters. The lowest BCUT2D eigenvalue weighted by molar-refractivity contribution is 0.206. The van der Waals surface area contributed by atoms with E-state index in [0.717, 1.165) is 17.5 Å². The van der Waals surface area contributed by atoms with E-state index in [4.69, 9.17) is 21.1 Å². The number of carbonyl (C=O) groups excluding carboxylic acids is 1. The minimum atomic E-state index is -0.156. The minimum Gasteiger partial charge on any atom is -0.493 e. The van der Waals surface area contributed by atoms with Crippen LogP contribution in [0, 0.1) is 6.92 Å². The predicted octanol–water partition coefficient (Wildman–Crippen LogP) is 4.26. The first-order valence-electron chi connectivity index (χ1n) is 8.08. The van der Waals surface area contributed by atoms with Gasteiger partial charge in [0.15, 0.2) is 11.5 Å². The van der Waals surface area contributed by atoms with Crippen molar-refractivity contribution in [1.29, 1.82) is 0 Å². The fourth-order valence-corrected chi connectivity index (χ4v) is 3.30. The van der Waals surface area contributed by atoms with Crippen molar-refractivity contribution in [2.75, 3.05) is 26.1 Å². The highest BCUT2D eigenvalue weighted by molar-refractivity contribution is 6.33. The molecule has 1 aliphatic heterocycles. The maximum Gasteiger partial charge on any atom is 0.322 e. The average Bonchev–Trinajstić information content (AvgIpc) is 2.62. The number of halogens is 1. The SMILES string of the molecule is COc1cc2c(cc1OC)CN(C(=O)Nc1c(C)cccc1Cl)CC2. The topological polar surface area (TPSA) is 50.8 Å². The van der Waals surface area contributed by atoms with E-state index in [1.165, 1.54) is 5.56 Å². The molecular weight excluding hydrogens is 340 g/mol. The number of para-hydroxylation sites is 1. The zero-order chi connectivity index (χ0) is 18.0. The second kappa shape index (κ2) is 7.23. The molecule has 2 aromatic carbocycles. The number of amides is 2. The Morgan fingerprint density at radius 3 is 2.48 bits per heavy atom. The number of nitrogens with one attached hydrogen (secondary N) is 1. The first-order chi connectivity index (χ1) is 12.0. The van der Waals surface area contributed by atoms with Gasteiger partial charge in [0, 0.05) is 13.1 Å². The smallest absolute Gasteiger partial charge is 0.322 e. The third kappa shape index (κ3) is 3.51. The van der Waals surface area contributed by atoms with Crippen LogP contribution in [-0.4, -0.2) is 31.7 Å². The largest absolute Gasteiger partial charge is 0.493 e. The van der Waals surface area contributed by atoms with Crippen molar-refractivity contribution in [2.24, 2.45) is 0 Å². The zero-order valence-electron chi connectivity index (χ0n) is 14.6. The molecule has 3 rings (SSSR count). The summed E-state index contributed by atoms with van der Waals surface area (Å²) in [4.78, 5) is 14.4. The number of rotatable bonds is 3. The Bertz CT molecular complexity index is 787. The molecule has 0 saturated heterocycles. The van der Waals surface area contributed by atoms with Crippen molar-refractivity contribution in [2.45, 2.75) is 19.9 Å². The molecule has 0 unspecified atom stereocenters. The summed E-state index contributed by atoms with van der Waals surface area (Å²) < 4.78 is 10.7. The van der Waals surface area contributed by atoms with Crippen LogP contribution < -0.4 is 14.8 Å². The van der Waals surface area contributed by atoms with E-state index < -0.39 is 0 Å². The van der Waals surface area contributed by atoms with Gasteiger partial charge in [-0.3, -0.25) is 0 Å². The number of urea groups is 1. The summed E-state index contributed by atoms with van der Waals surface area (Å²) in [6.07, 6.45) is 0.768. The summed E-state index contributed by atoms with van der Waals surface area (Å²) in [5.74, 6) is 1.39. The fourth-order valence-electron chi connectivity index (χ4n) is 3.03. The number of carbonyl (C=O) groups is 1. The standard InChI is InChI=1S/C19H21ClN2O3/c1-12-5-4-6-15(20)18(12)21-19(23)22-8-7-13-9-16(24-2)17(25-3)10-14(13)11-22/h4-6,9-10H,7-8,11H2,1-3H3,(H,21,23). The predicted molar refractivity (Wildman–Crippen MR) is 98.9 cm³/mol. The van der Waals surface area contributed by atoms with Crippen LogP contribution in [-0.2, 0) is 13.0 Å². The first-order valence-corrected chi connectivity index (χ1v) is 8.46. The van der Waals surface area contributed by atoms with Crippen LogP contribution in [0.5, 0.6) is 11.5 Å². The monoisotopic (exact) mass is 360 g/mol. The number of nitrogens with zero attached hydrogens (tertiary/aromatic N) is 1. The van der Waals surface area contributed by atoms with Gasteiger partial charge >= 0.3 is 6.03 Å². The van der Waals surface area contributed by atoms with E-state index in [1.54, 1.807) is 25.2 Å². The molecular formula is C19H21ClN2O3. The van der Waals surface area contributed by atoms with Gasteiger partial charge in [-0.05, 0) is 48.2 Å². The Morgan fingerprint density at radius 1 is 1.16 bits per heavy atom. The van der Waals surface area contributed by atoms with Gasteiger partial charge in [0.25, 0.3) is 0 Å². The van der Waals surface area contributed by atoms with E-state index in [9.17, 15) is 4.79 Å². The van der Waals surface area contributed by atoms with Crippen LogP contribution in [0.4, 0.5) is 10.5 Å². The van der Waals surface area contributed by atoms with Crippen molar-refractivity contribution in [3.05, 3.63) is 52.0 Å². The summed E-state index contributed by atoms with van der Waals surface area (Å²) in [5, 5.41) is 3.47. The second-order valence-corrected chi connectivity index (χ2v) is 6.42. The molecule has 0 aromatic heterocycles. The van der Waals surface area contributed by atoms with Crippen LogP contribution in [0.3, 0.4) is 0 Å². The fraction of sp³-hybridized carbons (Fsp3) is 0.316. The summed E-state index contributed by atoms with van der Waals surface area (Å²) in [7, 11) is 3.23. The van der Waals surface area contributed by atoms with Crippen LogP contribution >= 0.6 is 11.6 Å². The number of ether oxygens (including phenoxy) is 2. The van der Waals surface area contributed by atoms with E-state index in [1.807, 2.05) is 31.2 Å². The van der Waals surface area contributed by atoms with Gasteiger partial charge in [0.2, 0.25) is 0 Å². The molecule has 1 aliphatic rings. The number of hydrogen-bond acceptors (Lipinski definition) is 3. The Kier molecular flexibility index (Phi) is 5.04. The molecule has 0 aliphatic carbocycles. The van der Waals surface area contributed by atoms with Gasteiger partial charge in [0.1, 0.15) is 0 Å². The van der Waals surface area contributed by atoms with Gasteiger partial charge in [0.05, 0.1) is 24.9 Å². The van der Waals surface area contributed by atoms with Crippen LogP contribution in [0.1, 0.15) is 16.7 Å². The lowest BCUT2D eigenvalue weighted by atomic mass is 9.99. The minimum absolute atomic E-state index is 0.156. The Morgan fingerprint density at radius 2 is 1.84 bits per heavy atom. The van der Waals surface area contributed by atoms with Gasteiger partial charge in [-0.1, -0.05) is 23.7 Å². The maximum atomic E-state index is 12.7. The molecule has 2 amide bonds. The van der Waals surface area contributed by atoms with Gasteiger partial charge < -0.3 is 19.7 Å². The second-order valence-electron chi connectivity index (χ2n) is 6.01. The van der Waals surface area contributed by atoms with Crippen molar-refractivity contribution in [3.63, 3.8) is 0 Å². The molecule has 2 aromatic rings. The number of fused-ring (bicyclic) bond motifs is 1. The summed E-state index contributed by atoms with van der Waals surface area (Å²) in [6, 6.07) is 9.33. The molecule has 0 spiro atoms. The molecule has 132 valence electrons. The lowest BCUT2D eigenvalue weighted by Gasteiger charge is -2.30. The van der Waals surface area contributed by atoms with Gasteiger partial charge in [-0.15, -0.1) is 0 Å². The third-order valence-corrected chi connectivity index (χ3v) is 4.77. The van der Waals surface area contributed by atoms with E-state index in [-0.39, 0.29) is 6.03 Å². The van der Waals surface area contributed by atoms with Crippen LogP contribution in [0.25, 0.3) is 0 Å². The Balaban J connectivity index is 1.79. The maximum absolute atomic E-state index is 12.7. The number of methoxy groups -OCH3 is 2. The van der Waals surface area contributed by atoms with Crippen molar-refractivity contribution < 1.29 is 14.3 Å². The van der Waals surface area contributed by atoms with E-state index in [0.29, 0.717) is 35.3 Å². The zero-order valence-corrected chi connectivity index (χ0v) is 15.3. The lowest BCUT2D eigenvalue weighted by Crippen LogP contribution is -2.39. The molecule has 6 heteroatoms. The number of anilines is 1. The highest BCUT2D eigenvalue weighted by atomic mass is 35.5. The van der Waals surface area contributed by atoms with E-state index in [2.05, 4.69) is 5.32 Å². The summed E-state index contributed by atoms with van der Waals surface area (Å²) in [5.41, 5.74) is 3.84. The molecule has 0 radical (unpaired) electrons. The first kappa shape index (κ1) is 17.4. The van der Waals surface area contributed by atoms with Crippen LogP contribution in [0.15, 0.2) is 30.3 Å². The molecule has 0 fully saturated rings. The van der Waals surface area contributed by atoms with Crippen molar-refractivity contribution >= 4 is 23.3 Å². The highest BCUT2D eigenvalue weighted by Crippen LogP contribution is 2.33. The summed E-state index contributed by atoms with van der Waals surface area (Å²) >= 11 is 6.20. The van der Waals surface area contributed by atoms with Crippen molar-refractivity contribution in [3.8, 4) is 11.5 Å². The Labute approximate surface area is 152 Å². The highest BCUT2D eigenvalue weighted by Gasteiger charge is 2.23. The third-order valence-electron chi connectivity index (χ3n) is 4.46. The summed E-state index contributed by atoms with van der Waals surface area (Å²) in [6.45, 7) is 3.08. The number of benzene rings is 2. The normalized spacial score (nSPS) is 13.2. The van der Waals surface area contributed by atoms with Crippen molar-refractivity contribution in [1.82, 2.24) is 4.90 Å². The molecule has 0 bridgehead atoms. The molecule has 1 N–H and O–H groups in total. The molecule has 1 heterocycles. The van der Waals surface area contributed by atoms with Crippen LogP contribution in [0.2, 0.25) is 5.02 Å². The molecule has 0 saturated carbocycles. The Hall–Kier alpha value is -2.40. The van der Waals surface area contributed by atoms with E-state index >= 15 is 0 Å². The number of aryl methyl sites for hydroxylation is 1. The van der Waals surface area contributed by atoms with Gasteiger partial charge in [-0.2, -0.15) is 0 Å². The quantitative estimate of drug-likeness (QED) is 0.889. The molecule has 5 nitrogen and oxygen atoms in total. The van der Waals surface area contributed by atoms with Gasteiger partial charge in [-0.25, -0.2) is 4.79 Å². The molecule has 25 heavy (non-hydrogen) atoms. The number of hydrogen-bond donors (Lipinski definition) is 1.